The molecule has 1 amide bonds. The van der Waals surface area contributed by atoms with Gasteiger partial charge in [-0.15, -0.1) is 0 Å². The van der Waals surface area contributed by atoms with Crippen molar-refractivity contribution in [2.24, 2.45) is 5.92 Å². The zero-order valence-electron chi connectivity index (χ0n) is 12.4. The van der Waals surface area contributed by atoms with E-state index < -0.39 is 12.1 Å². The van der Waals surface area contributed by atoms with Gasteiger partial charge in [0.25, 0.3) is 0 Å². The summed E-state index contributed by atoms with van der Waals surface area (Å²) in [5.74, 6) is 0.290. The van der Waals surface area contributed by atoms with Crippen LogP contribution in [0, 0.1) is 5.92 Å². The quantitative estimate of drug-likeness (QED) is 0.789. The number of hydrogen-bond acceptors (Lipinski definition) is 3. The number of amides is 1. The molecule has 2 N–H and O–H groups in total. The maximum absolute atomic E-state index is 10.8. The van der Waals surface area contributed by atoms with Crippen LogP contribution in [0.15, 0.2) is 24.3 Å². The Balaban J connectivity index is 1.63. The number of carbonyl (C=O) groups is 2. The van der Waals surface area contributed by atoms with Gasteiger partial charge in [-0.3, -0.25) is 0 Å². The molecule has 0 unspecified atom stereocenters. The van der Waals surface area contributed by atoms with Gasteiger partial charge >= 0.3 is 12.1 Å². The van der Waals surface area contributed by atoms with Crippen molar-refractivity contribution in [3.05, 3.63) is 29.8 Å². The molecule has 1 heterocycles. The molecule has 0 aliphatic carbocycles. The second-order valence-electron chi connectivity index (χ2n) is 5.53. The molecule has 6 nitrogen and oxygen atoms in total. The molecular formula is C16H21NO5. The summed E-state index contributed by atoms with van der Waals surface area (Å²) >= 11 is 0. The van der Waals surface area contributed by atoms with Gasteiger partial charge in [0, 0.05) is 13.1 Å². The summed E-state index contributed by atoms with van der Waals surface area (Å²) < 4.78 is 5.59. The van der Waals surface area contributed by atoms with Crippen LogP contribution in [0.3, 0.4) is 0 Å². The van der Waals surface area contributed by atoms with Crippen molar-refractivity contribution in [2.45, 2.75) is 25.7 Å². The highest BCUT2D eigenvalue weighted by atomic mass is 16.5. The third kappa shape index (κ3) is 4.65. The Hall–Kier alpha value is -2.24. The molecule has 22 heavy (non-hydrogen) atoms. The van der Waals surface area contributed by atoms with Gasteiger partial charge in [0.15, 0.2) is 0 Å². The van der Waals surface area contributed by atoms with E-state index in [9.17, 15) is 9.59 Å². The molecule has 1 aliphatic heterocycles. The average Bonchev–Trinajstić information content (AvgIpc) is 2.52. The molecule has 0 bridgehead atoms. The number of ether oxygens (including phenoxy) is 1. The molecule has 0 spiro atoms. The Labute approximate surface area is 129 Å². The van der Waals surface area contributed by atoms with E-state index in [0.29, 0.717) is 31.4 Å². The monoisotopic (exact) mass is 307 g/mol. The fourth-order valence-corrected chi connectivity index (χ4v) is 2.67. The van der Waals surface area contributed by atoms with E-state index in [2.05, 4.69) is 0 Å². The van der Waals surface area contributed by atoms with E-state index in [1.54, 1.807) is 12.1 Å². The van der Waals surface area contributed by atoms with Crippen LogP contribution in [-0.2, 0) is 0 Å². The normalized spacial score (nSPS) is 15.5. The molecule has 1 aliphatic rings. The lowest BCUT2D eigenvalue weighted by atomic mass is 9.92. The van der Waals surface area contributed by atoms with Gasteiger partial charge in [0.2, 0.25) is 0 Å². The third-order valence-corrected chi connectivity index (χ3v) is 4.01. The molecule has 0 radical (unpaired) electrons. The molecular weight excluding hydrogens is 286 g/mol. The highest BCUT2D eigenvalue weighted by molar-refractivity contribution is 5.87. The number of carboxylic acids is 1. The van der Waals surface area contributed by atoms with Crippen molar-refractivity contribution in [2.75, 3.05) is 19.7 Å². The fourth-order valence-electron chi connectivity index (χ4n) is 2.67. The number of carboxylic acid groups (broad SMARTS) is 2. The number of piperidine rings is 1. The van der Waals surface area contributed by atoms with E-state index in [1.165, 1.54) is 17.0 Å². The number of aromatic carboxylic acids is 1. The van der Waals surface area contributed by atoms with E-state index in [-0.39, 0.29) is 5.56 Å². The minimum absolute atomic E-state index is 0.248. The van der Waals surface area contributed by atoms with Gasteiger partial charge < -0.3 is 19.8 Å². The lowest BCUT2D eigenvalue weighted by Gasteiger charge is -2.29. The Morgan fingerprint density at radius 3 is 2.32 bits per heavy atom. The summed E-state index contributed by atoms with van der Waals surface area (Å²) in [6.07, 6.45) is 2.95. The van der Waals surface area contributed by atoms with Crippen molar-refractivity contribution in [3.8, 4) is 5.75 Å². The lowest BCUT2D eigenvalue weighted by molar-refractivity contribution is 0.0696. The maximum atomic E-state index is 10.8. The van der Waals surface area contributed by atoms with E-state index >= 15 is 0 Å². The number of hydrogen-bond donors (Lipinski definition) is 2. The molecule has 1 saturated heterocycles. The number of rotatable bonds is 6. The van der Waals surface area contributed by atoms with Crippen LogP contribution < -0.4 is 4.74 Å². The Morgan fingerprint density at radius 2 is 1.77 bits per heavy atom. The van der Waals surface area contributed by atoms with Crippen LogP contribution in [0.5, 0.6) is 5.75 Å². The predicted octanol–water partition coefficient (Wildman–Crippen LogP) is 2.93. The SMILES string of the molecule is O=C(O)c1ccc(OCCCC2CCN(C(=O)O)CC2)cc1. The molecule has 120 valence electrons. The van der Waals surface area contributed by atoms with E-state index in [0.717, 1.165) is 25.7 Å². The van der Waals surface area contributed by atoms with Crippen LogP contribution >= 0.6 is 0 Å². The van der Waals surface area contributed by atoms with Crippen molar-refractivity contribution >= 4 is 12.1 Å². The van der Waals surface area contributed by atoms with Crippen LogP contribution in [0.1, 0.15) is 36.0 Å². The standard InChI is InChI=1S/C16H21NO5/c18-15(19)13-3-5-14(6-4-13)22-11-1-2-12-7-9-17(10-8-12)16(20)21/h3-6,12H,1-2,7-11H2,(H,18,19)(H,20,21). The van der Waals surface area contributed by atoms with Gasteiger partial charge in [0.1, 0.15) is 5.75 Å². The first kappa shape index (κ1) is 16.1. The van der Waals surface area contributed by atoms with E-state index in [1.807, 2.05) is 0 Å². The molecule has 0 saturated carbocycles. The largest absolute Gasteiger partial charge is 0.494 e. The average molecular weight is 307 g/mol. The van der Waals surface area contributed by atoms with E-state index in [4.69, 9.17) is 14.9 Å². The summed E-state index contributed by atoms with van der Waals surface area (Å²) in [5, 5.41) is 17.7. The van der Waals surface area contributed by atoms with Gasteiger partial charge in [-0.25, -0.2) is 9.59 Å². The molecule has 1 fully saturated rings. The van der Waals surface area contributed by atoms with Crippen molar-refractivity contribution < 1.29 is 24.5 Å². The maximum Gasteiger partial charge on any atom is 0.407 e. The highest BCUT2D eigenvalue weighted by Crippen LogP contribution is 2.22. The first-order valence-electron chi connectivity index (χ1n) is 7.50. The van der Waals surface area contributed by atoms with Crippen LogP contribution in [0.25, 0.3) is 0 Å². The second-order valence-corrected chi connectivity index (χ2v) is 5.53. The van der Waals surface area contributed by atoms with Gasteiger partial charge in [-0.2, -0.15) is 0 Å². The van der Waals surface area contributed by atoms with Crippen LogP contribution in [-0.4, -0.2) is 46.9 Å². The first-order valence-corrected chi connectivity index (χ1v) is 7.50. The second kappa shape index (κ2) is 7.68. The zero-order chi connectivity index (χ0) is 15.9. The topological polar surface area (TPSA) is 87.1 Å². The molecule has 0 atom stereocenters. The molecule has 0 aromatic heterocycles. The first-order chi connectivity index (χ1) is 10.6. The summed E-state index contributed by atoms with van der Waals surface area (Å²) in [6.45, 7) is 1.83. The van der Waals surface area contributed by atoms with Crippen molar-refractivity contribution in [1.82, 2.24) is 4.90 Å². The molecule has 2 rings (SSSR count). The van der Waals surface area contributed by atoms with Crippen molar-refractivity contribution in [1.29, 1.82) is 0 Å². The smallest absolute Gasteiger partial charge is 0.407 e. The van der Waals surface area contributed by atoms with Gasteiger partial charge in [-0.1, -0.05) is 0 Å². The molecule has 6 heteroatoms. The highest BCUT2D eigenvalue weighted by Gasteiger charge is 2.21. The van der Waals surface area contributed by atoms with Gasteiger partial charge in [-0.05, 0) is 55.9 Å². The summed E-state index contributed by atoms with van der Waals surface area (Å²) in [4.78, 5) is 23.0. The molecule has 1 aromatic carbocycles. The lowest BCUT2D eigenvalue weighted by Crippen LogP contribution is -2.37. The summed E-state index contributed by atoms with van der Waals surface area (Å²) in [7, 11) is 0. The summed E-state index contributed by atoms with van der Waals surface area (Å²) in [5.41, 5.74) is 0.248. The fraction of sp³-hybridized carbons (Fsp3) is 0.500. The number of benzene rings is 1. The minimum Gasteiger partial charge on any atom is -0.494 e. The zero-order valence-corrected chi connectivity index (χ0v) is 12.4. The molecule has 1 aromatic rings. The van der Waals surface area contributed by atoms with Gasteiger partial charge in [0.05, 0.1) is 12.2 Å². The Kier molecular flexibility index (Phi) is 5.63. The number of nitrogens with zero attached hydrogens (tertiary/aromatic N) is 1. The van der Waals surface area contributed by atoms with Crippen LogP contribution in [0.2, 0.25) is 0 Å². The van der Waals surface area contributed by atoms with Crippen molar-refractivity contribution in [3.63, 3.8) is 0 Å². The summed E-state index contributed by atoms with van der Waals surface area (Å²) in [6, 6.07) is 6.38. The third-order valence-electron chi connectivity index (χ3n) is 4.01. The minimum atomic E-state index is -0.945. The predicted molar refractivity (Wildman–Crippen MR) is 80.5 cm³/mol. The van der Waals surface area contributed by atoms with Crippen LogP contribution in [0.4, 0.5) is 4.79 Å². The Morgan fingerprint density at radius 1 is 1.14 bits per heavy atom. The number of likely N-dealkylation sites (tertiary alicyclic amines) is 1. The Bertz CT molecular complexity index is 506.